The highest BCUT2D eigenvalue weighted by molar-refractivity contribution is 6.77. The van der Waals surface area contributed by atoms with Gasteiger partial charge in [0.15, 0.2) is 0 Å². The lowest BCUT2D eigenvalue weighted by Gasteiger charge is -2.45. The summed E-state index contributed by atoms with van der Waals surface area (Å²) >= 11 is 0. The van der Waals surface area contributed by atoms with Crippen LogP contribution in [0.2, 0.25) is 16.6 Å². The quantitative estimate of drug-likeness (QED) is 0.0349. The van der Waals surface area contributed by atoms with Crippen molar-refractivity contribution < 1.29 is 42.3 Å². The van der Waals surface area contributed by atoms with Gasteiger partial charge in [0.2, 0.25) is 8.32 Å². The van der Waals surface area contributed by atoms with Gasteiger partial charge in [0, 0.05) is 40.0 Å². The molecule has 0 saturated heterocycles. The smallest absolute Gasteiger partial charge is 0.200 e. The summed E-state index contributed by atoms with van der Waals surface area (Å²) in [5, 5.41) is 0. The zero-order chi connectivity index (χ0) is 36.8. The van der Waals surface area contributed by atoms with Crippen molar-refractivity contribution in [3.8, 4) is 5.75 Å². The number of hydrogen-bond donors (Lipinski definition) is 0. The zero-order valence-corrected chi connectivity index (χ0v) is 34.3. The minimum atomic E-state index is -2.21. The van der Waals surface area contributed by atoms with Crippen molar-refractivity contribution >= 4 is 8.32 Å². The van der Waals surface area contributed by atoms with Crippen LogP contribution in [0.25, 0.3) is 0 Å². The van der Waals surface area contributed by atoms with E-state index in [4.69, 9.17) is 42.3 Å². The Morgan fingerprint density at radius 2 is 1.31 bits per heavy atom. The molecule has 1 aromatic rings. The van der Waals surface area contributed by atoms with E-state index in [1.165, 1.54) is 5.57 Å². The fourth-order valence-electron chi connectivity index (χ4n) is 7.05. The molecule has 0 saturated carbocycles. The molecule has 9 nitrogen and oxygen atoms in total. The normalized spacial score (nSPS) is 16.0. The number of rotatable bonds is 29. The van der Waals surface area contributed by atoms with Crippen molar-refractivity contribution in [3.05, 3.63) is 41.5 Å². The van der Waals surface area contributed by atoms with Crippen LogP contribution in [0.4, 0.5) is 0 Å². The molecule has 0 aliphatic carbocycles. The second-order valence-electron chi connectivity index (χ2n) is 14.2. The molecule has 10 heteroatoms. The molecule has 0 unspecified atom stereocenters. The van der Waals surface area contributed by atoms with Crippen molar-refractivity contribution in [3.63, 3.8) is 0 Å². The molecular weight excluding hydrogens is 641 g/mol. The van der Waals surface area contributed by atoms with E-state index in [0.29, 0.717) is 36.3 Å². The number of ether oxygens (including phenoxy) is 8. The Hall–Kier alpha value is -1.34. The van der Waals surface area contributed by atoms with Crippen LogP contribution in [0.3, 0.4) is 0 Å². The lowest BCUT2D eigenvalue weighted by Crippen LogP contribution is -2.51. The van der Waals surface area contributed by atoms with Gasteiger partial charge in [-0.2, -0.15) is 0 Å². The van der Waals surface area contributed by atoms with E-state index in [1.54, 1.807) is 28.4 Å². The maximum absolute atomic E-state index is 7.44. The van der Waals surface area contributed by atoms with E-state index in [-0.39, 0.29) is 50.7 Å². The van der Waals surface area contributed by atoms with Gasteiger partial charge in [-0.25, -0.2) is 0 Å². The monoisotopic (exact) mass is 712 g/mol. The molecule has 0 fully saturated rings. The third-order valence-corrected chi connectivity index (χ3v) is 15.7. The maximum atomic E-state index is 7.44. The predicted molar refractivity (Wildman–Crippen MR) is 200 cm³/mol. The molecule has 49 heavy (non-hydrogen) atoms. The highest BCUT2D eigenvalue weighted by atomic mass is 28.4. The lowest BCUT2D eigenvalue weighted by molar-refractivity contribution is -0.136. The van der Waals surface area contributed by atoms with Crippen LogP contribution in [0.1, 0.15) is 100.0 Å². The van der Waals surface area contributed by atoms with E-state index < -0.39 is 8.32 Å². The van der Waals surface area contributed by atoms with Crippen molar-refractivity contribution in [2.24, 2.45) is 5.92 Å². The SMILES string of the molecule is CCC[C@H](C/C(C)=C/[C@@H](OCOC)[C@@H](C)[C@H](C[C@@H](CCOCc1ccc(OC)cc1)O[Si](C(C)C)(C(C)C)C(C)C)OCOC)OCOC. The van der Waals surface area contributed by atoms with Gasteiger partial charge in [0.25, 0.3) is 0 Å². The Labute approximate surface area is 300 Å². The molecule has 0 amide bonds. The molecule has 0 aromatic heterocycles. The summed E-state index contributed by atoms with van der Waals surface area (Å²) in [5.74, 6) is 0.813. The number of benzene rings is 1. The number of methoxy groups -OCH3 is 4. The summed E-state index contributed by atoms with van der Waals surface area (Å²) in [6, 6.07) is 8.02. The van der Waals surface area contributed by atoms with Gasteiger partial charge in [-0.05, 0) is 66.9 Å². The van der Waals surface area contributed by atoms with Gasteiger partial charge in [0.1, 0.15) is 26.1 Å². The first kappa shape index (κ1) is 45.7. The third-order valence-electron chi connectivity index (χ3n) is 9.50. The van der Waals surface area contributed by atoms with Gasteiger partial charge in [-0.1, -0.05) is 85.6 Å². The van der Waals surface area contributed by atoms with E-state index in [0.717, 1.165) is 37.0 Å². The number of hydrogen-bond acceptors (Lipinski definition) is 9. The zero-order valence-electron chi connectivity index (χ0n) is 33.3. The summed E-state index contributed by atoms with van der Waals surface area (Å²) < 4.78 is 53.7. The molecule has 5 atom stereocenters. The predicted octanol–water partition coefficient (Wildman–Crippen LogP) is 9.29. The summed E-state index contributed by atoms with van der Waals surface area (Å²) in [7, 11) is 4.43. The van der Waals surface area contributed by atoms with Crippen molar-refractivity contribution in [1.29, 1.82) is 0 Å². The van der Waals surface area contributed by atoms with Crippen LogP contribution in [0, 0.1) is 5.92 Å². The fourth-order valence-corrected chi connectivity index (χ4v) is 12.7. The second kappa shape index (κ2) is 25.6. The van der Waals surface area contributed by atoms with Crippen LogP contribution in [0.15, 0.2) is 35.9 Å². The largest absolute Gasteiger partial charge is 0.497 e. The van der Waals surface area contributed by atoms with E-state index in [1.807, 2.05) is 24.3 Å². The Morgan fingerprint density at radius 1 is 0.735 bits per heavy atom. The van der Waals surface area contributed by atoms with Crippen LogP contribution in [0.5, 0.6) is 5.75 Å². The Balaban J connectivity index is 3.36. The molecule has 1 rings (SSSR count). The summed E-state index contributed by atoms with van der Waals surface area (Å²) in [6.45, 7) is 22.2. The molecule has 0 bridgehead atoms. The van der Waals surface area contributed by atoms with Crippen LogP contribution in [-0.4, -0.2) is 88.2 Å². The average Bonchev–Trinajstić information content (AvgIpc) is 3.07. The Morgan fingerprint density at radius 3 is 1.84 bits per heavy atom. The first-order valence-corrected chi connectivity index (χ1v) is 20.4. The van der Waals surface area contributed by atoms with Gasteiger partial charge in [-0.15, -0.1) is 0 Å². The molecule has 0 spiro atoms. The molecular formula is C39H72O9Si. The molecule has 0 radical (unpaired) electrons. The van der Waals surface area contributed by atoms with Crippen molar-refractivity contribution in [1.82, 2.24) is 0 Å². The molecule has 0 aliphatic rings. The van der Waals surface area contributed by atoms with Crippen LogP contribution < -0.4 is 4.74 Å². The summed E-state index contributed by atoms with van der Waals surface area (Å²) in [4.78, 5) is 0. The lowest BCUT2D eigenvalue weighted by atomic mass is 9.91. The Bertz CT molecular complexity index is 963. The first-order valence-electron chi connectivity index (χ1n) is 18.3. The standard InChI is InChI=1S/C39H72O9Si/c1-14-15-36(45-26-40-10)22-32(8)23-38(46-27-41-11)33(9)39(47-28-42-12)24-37(48-49(29(2)3,30(4)5)31(6)7)20-21-44-25-34-16-18-35(43-13)19-17-34/h16-19,23,29-31,33,36-39H,14-15,20-22,24-28H2,1-13H3/b32-23+/t33-,36-,37-,38-,39+/m1/s1. The molecule has 0 N–H and O–H groups in total. The molecule has 0 aliphatic heterocycles. The third kappa shape index (κ3) is 16.3. The van der Waals surface area contributed by atoms with E-state index in [9.17, 15) is 0 Å². The average molecular weight is 713 g/mol. The molecule has 0 heterocycles. The maximum Gasteiger partial charge on any atom is 0.200 e. The highest BCUT2D eigenvalue weighted by Gasteiger charge is 2.47. The fraction of sp³-hybridized carbons (Fsp3) is 0.795. The summed E-state index contributed by atoms with van der Waals surface area (Å²) in [5.41, 5.74) is 3.65. The topological polar surface area (TPSA) is 83.1 Å². The van der Waals surface area contributed by atoms with Crippen LogP contribution >= 0.6 is 0 Å². The van der Waals surface area contributed by atoms with Gasteiger partial charge >= 0.3 is 0 Å². The van der Waals surface area contributed by atoms with Gasteiger partial charge in [0.05, 0.1) is 32.0 Å². The second-order valence-corrected chi connectivity index (χ2v) is 19.6. The van der Waals surface area contributed by atoms with Gasteiger partial charge < -0.3 is 42.3 Å². The van der Waals surface area contributed by atoms with Crippen molar-refractivity contribution in [2.45, 2.75) is 142 Å². The summed E-state index contributed by atoms with van der Waals surface area (Å²) in [6.07, 6.45) is 6.00. The van der Waals surface area contributed by atoms with Gasteiger partial charge in [-0.3, -0.25) is 0 Å². The first-order chi connectivity index (χ1) is 23.4. The molecule has 286 valence electrons. The van der Waals surface area contributed by atoms with E-state index >= 15 is 0 Å². The van der Waals surface area contributed by atoms with Crippen LogP contribution in [-0.2, 0) is 44.2 Å². The highest BCUT2D eigenvalue weighted by Crippen LogP contribution is 2.44. The minimum absolute atomic E-state index is 0.0238. The Kier molecular flexibility index (Phi) is 23.8. The van der Waals surface area contributed by atoms with E-state index in [2.05, 4.69) is 68.4 Å². The minimum Gasteiger partial charge on any atom is -0.497 e. The van der Waals surface area contributed by atoms with Crippen molar-refractivity contribution in [2.75, 3.05) is 55.4 Å². The molecule has 1 aromatic carbocycles.